The van der Waals surface area contributed by atoms with Gasteiger partial charge in [0, 0.05) is 6.61 Å². The summed E-state index contributed by atoms with van der Waals surface area (Å²) in [6.45, 7) is 2.57. The van der Waals surface area contributed by atoms with Gasteiger partial charge in [-0.15, -0.1) is 0 Å². The Morgan fingerprint density at radius 3 is 2.11 bits per heavy atom. The lowest BCUT2D eigenvalue weighted by Crippen LogP contribution is -2.42. The van der Waals surface area contributed by atoms with Crippen LogP contribution in [-0.4, -0.2) is 59.6 Å². The lowest BCUT2D eigenvalue weighted by molar-refractivity contribution is -0.0937. The van der Waals surface area contributed by atoms with Crippen LogP contribution in [0.2, 0.25) is 0 Å². The first-order valence-corrected chi connectivity index (χ1v) is 11.6. The minimum atomic E-state index is -1.01. The Labute approximate surface area is 172 Å². The van der Waals surface area contributed by atoms with Crippen LogP contribution in [0, 0.1) is 0 Å². The molecule has 0 aliphatic carbocycles. The van der Waals surface area contributed by atoms with Gasteiger partial charge in [-0.05, 0) is 32.1 Å². The minimum Gasteiger partial charge on any atom is -0.394 e. The topological polar surface area (TPSA) is 79.2 Å². The molecule has 166 valence electrons. The van der Waals surface area contributed by atoms with Gasteiger partial charge in [0.2, 0.25) is 0 Å². The number of allylic oxidation sites excluding steroid dienone is 2. The van der Waals surface area contributed by atoms with Gasteiger partial charge in [0.25, 0.3) is 0 Å². The average Bonchev–Trinajstić information content (AvgIpc) is 3.07. The molecule has 1 heterocycles. The van der Waals surface area contributed by atoms with E-state index < -0.39 is 24.4 Å². The molecule has 28 heavy (non-hydrogen) atoms. The third kappa shape index (κ3) is 11.5. The Morgan fingerprint density at radius 1 is 0.929 bits per heavy atom. The molecular weight excluding hydrogens is 356 g/mol. The van der Waals surface area contributed by atoms with Crippen molar-refractivity contribution in [2.24, 2.45) is 0 Å². The van der Waals surface area contributed by atoms with E-state index in [-0.39, 0.29) is 13.2 Å². The predicted octanol–water partition coefficient (Wildman–Crippen LogP) is 4.13. The van der Waals surface area contributed by atoms with Gasteiger partial charge in [-0.1, -0.05) is 70.4 Å². The van der Waals surface area contributed by atoms with Crippen molar-refractivity contribution in [1.29, 1.82) is 0 Å². The summed E-state index contributed by atoms with van der Waals surface area (Å²) < 4.78 is 11.0. The van der Waals surface area contributed by atoms with E-state index in [1.54, 1.807) is 0 Å². The summed E-state index contributed by atoms with van der Waals surface area (Å²) in [5, 5.41) is 28.6. The van der Waals surface area contributed by atoms with Crippen molar-refractivity contribution in [1.82, 2.24) is 0 Å². The molecule has 5 heteroatoms. The normalized spacial score (nSPS) is 23.6. The highest BCUT2D eigenvalue weighted by Crippen LogP contribution is 2.21. The first-order chi connectivity index (χ1) is 13.7. The smallest absolute Gasteiger partial charge is 0.114 e. The van der Waals surface area contributed by atoms with Crippen LogP contribution in [0.4, 0.5) is 0 Å². The second-order valence-electron chi connectivity index (χ2n) is 8.03. The van der Waals surface area contributed by atoms with Crippen LogP contribution in [0.5, 0.6) is 0 Å². The third-order valence-electron chi connectivity index (χ3n) is 5.45. The number of ether oxygens (including phenoxy) is 2. The van der Waals surface area contributed by atoms with Crippen LogP contribution in [0.15, 0.2) is 12.2 Å². The molecule has 3 N–H and O–H groups in total. The fourth-order valence-corrected chi connectivity index (χ4v) is 3.65. The minimum absolute atomic E-state index is 0.149. The monoisotopic (exact) mass is 400 g/mol. The fraction of sp³-hybridized carbons (Fsp3) is 0.913. The molecule has 0 aromatic heterocycles. The third-order valence-corrected chi connectivity index (χ3v) is 5.45. The Kier molecular flexibility index (Phi) is 15.9. The van der Waals surface area contributed by atoms with Crippen molar-refractivity contribution in [2.45, 2.75) is 115 Å². The first-order valence-electron chi connectivity index (χ1n) is 11.6. The standard InChI is InChI=1S/C23H44O5/c1-2-3-4-5-6-7-8-9-10-11-12-13-14-15-16-17-27-23-21(26)19-28-22(23)20(25)18-24/h11-12,20-26H,2-10,13-19H2,1H3/b12-11+/t20-,21+,22+,23+/m1/s1. The summed E-state index contributed by atoms with van der Waals surface area (Å²) in [6, 6.07) is 0. The van der Waals surface area contributed by atoms with Crippen molar-refractivity contribution in [2.75, 3.05) is 19.8 Å². The molecule has 4 atom stereocenters. The number of aliphatic hydroxyl groups is 3. The second kappa shape index (κ2) is 17.4. The predicted molar refractivity (Wildman–Crippen MR) is 113 cm³/mol. The molecule has 1 fully saturated rings. The summed E-state index contributed by atoms with van der Waals surface area (Å²) in [5.41, 5.74) is 0. The molecule has 0 aromatic carbocycles. The van der Waals surface area contributed by atoms with E-state index in [2.05, 4.69) is 19.1 Å². The molecule has 0 aromatic rings. The number of aliphatic hydroxyl groups excluding tert-OH is 3. The van der Waals surface area contributed by atoms with Crippen LogP contribution in [0.3, 0.4) is 0 Å². The Morgan fingerprint density at radius 2 is 1.50 bits per heavy atom. The molecule has 5 nitrogen and oxygen atoms in total. The van der Waals surface area contributed by atoms with E-state index >= 15 is 0 Å². The average molecular weight is 401 g/mol. The molecule has 0 spiro atoms. The Balaban J connectivity index is 1.90. The Bertz CT molecular complexity index is 374. The maximum atomic E-state index is 9.88. The molecule has 0 unspecified atom stereocenters. The van der Waals surface area contributed by atoms with Crippen LogP contribution in [0.1, 0.15) is 90.4 Å². The zero-order valence-electron chi connectivity index (χ0n) is 17.9. The molecule has 0 bridgehead atoms. The van der Waals surface area contributed by atoms with E-state index in [4.69, 9.17) is 14.6 Å². The van der Waals surface area contributed by atoms with Gasteiger partial charge in [0.1, 0.15) is 24.4 Å². The zero-order valence-corrected chi connectivity index (χ0v) is 17.9. The van der Waals surface area contributed by atoms with E-state index in [0.717, 1.165) is 25.7 Å². The Hall–Kier alpha value is -0.460. The molecule has 1 aliphatic heterocycles. The molecule has 1 saturated heterocycles. The van der Waals surface area contributed by atoms with Gasteiger partial charge in [-0.3, -0.25) is 0 Å². The lowest BCUT2D eigenvalue weighted by Gasteiger charge is -2.23. The summed E-state index contributed by atoms with van der Waals surface area (Å²) in [7, 11) is 0. The summed E-state index contributed by atoms with van der Waals surface area (Å²) in [6.07, 6.45) is 18.1. The highest BCUT2D eigenvalue weighted by atomic mass is 16.6. The van der Waals surface area contributed by atoms with E-state index in [1.165, 1.54) is 57.8 Å². The summed E-state index contributed by atoms with van der Waals surface area (Å²) in [5.74, 6) is 0. The second-order valence-corrected chi connectivity index (χ2v) is 8.03. The van der Waals surface area contributed by atoms with Crippen molar-refractivity contribution in [3.8, 4) is 0 Å². The van der Waals surface area contributed by atoms with E-state index in [9.17, 15) is 10.2 Å². The first kappa shape index (κ1) is 25.6. The largest absolute Gasteiger partial charge is 0.394 e. The van der Waals surface area contributed by atoms with Gasteiger partial charge in [0.15, 0.2) is 0 Å². The van der Waals surface area contributed by atoms with Gasteiger partial charge >= 0.3 is 0 Å². The number of hydrogen-bond acceptors (Lipinski definition) is 5. The maximum absolute atomic E-state index is 9.88. The molecular formula is C23H44O5. The molecule has 1 rings (SSSR count). The summed E-state index contributed by atoms with van der Waals surface area (Å²) in [4.78, 5) is 0. The molecule has 0 saturated carbocycles. The zero-order chi connectivity index (χ0) is 20.5. The van der Waals surface area contributed by atoms with Crippen LogP contribution in [0.25, 0.3) is 0 Å². The van der Waals surface area contributed by atoms with Crippen molar-refractivity contribution in [3.63, 3.8) is 0 Å². The lowest BCUT2D eigenvalue weighted by atomic mass is 10.1. The molecule has 0 radical (unpaired) electrons. The number of rotatable bonds is 18. The van der Waals surface area contributed by atoms with Crippen LogP contribution >= 0.6 is 0 Å². The summed E-state index contributed by atoms with van der Waals surface area (Å²) >= 11 is 0. The van der Waals surface area contributed by atoms with E-state index in [1.807, 2.05) is 0 Å². The van der Waals surface area contributed by atoms with Crippen molar-refractivity contribution in [3.05, 3.63) is 12.2 Å². The molecule has 0 amide bonds. The highest BCUT2D eigenvalue weighted by molar-refractivity contribution is 4.89. The SMILES string of the molecule is CCCCCCCCCC/C=C/CCCCCO[C@@H]1[C@H]([C@H](O)CO)OC[C@@H]1O. The highest BCUT2D eigenvalue weighted by Gasteiger charge is 2.40. The fourth-order valence-electron chi connectivity index (χ4n) is 3.65. The maximum Gasteiger partial charge on any atom is 0.114 e. The van der Waals surface area contributed by atoms with Gasteiger partial charge in [-0.2, -0.15) is 0 Å². The van der Waals surface area contributed by atoms with Crippen LogP contribution < -0.4 is 0 Å². The van der Waals surface area contributed by atoms with Crippen molar-refractivity contribution < 1.29 is 24.8 Å². The van der Waals surface area contributed by atoms with E-state index in [0.29, 0.717) is 6.61 Å². The quantitative estimate of drug-likeness (QED) is 0.238. The van der Waals surface area contributed by atoms with Gasteiger partial charge in [0.05, 0.1) is 13.2 Å². The van der Waals surface area contributed by atoms with Gasteiger partial charge in [-0.25, -0.2) is 0 Å². The van der Waals surface area contributed by atoms with Crippen molar-refractivity contribution >= 4 is 0 Å². The van der Waals surface area contributed by atoms with Crippen LogP contribution in [-0.2, 0) is 9.47 Å². The number of unbranched alkanes of at least 4 members (excludes halogenated alkanes) is 11. The number of hydrogen-bond donors (Lipinski definition) is 3. The molecule has 1 aliphatic rings. The van der Waals surface area contributed by atoms with Gasteiger partial charge < -0.3 is 24.8 Å².